The molecule has 3 aromatic rings. The van der Waals surface area contributed by atoms with Gasteiger partial charge in [0.1, 0.15) is 0 Å². The van der Waals surface area contributed by atoms with Crippen LogP contribution in [0.3, 0.4) is 0 Å². The van der Waals surface area contributed by atoms with Crippen molar-refractivity contribution in [3.8, 4) is 23.0 Å². The lowest BCUT2D eigenvalue weighted by atomic mass is 10.1. The van der Waals surface area contributed by atoms with E-state index in [0.717, 1.165) is 22.9 Å². The number of hydrogen-bond donors (Lipinski definition) is 2. The predicted molar refractivity (Wildman–Crippen MR) is 89.3 cm³/mol. The van der Waals surface area contributed by atoms with Crippen LogP contribution in [0.15, 0.2) is 52.1 Å². The number of carbonyl (C=O) groups is 1. The minimum Gasteiger partial charge on any atom is -0.504 e. The number of Topliss-reactive ketones (excluding diaryl/α,β-unsaturated/α-hetero) is 1. The van der Waals surface area contributed by atoms with Crippen molar-refractivity contribution in [2.75, 3.05) is 5.75 Å². The smallest absolute Gasteiger partial charge is 0.277 e. The lowest BCUT2D eigenvalue weighted by molar-refractivity contribution is 0.102. The molecule has 0 amide bonds. The number of thioether (sulfide) groups is 1. The topological polar surface area (TPSA) is 96.5 Å². The molecule has 0 atom stereocenters. The van der Waals surface area contributed by atoms with Gasteiger partial charge in [0.25, 0.3) is 5.22 Å². The fraction of sp³-hybridized carbons (Fsp3) is 0.118. The van der Waals surface area contributed by atoms with E-state index in [1.807, 2.05) is 31.2 Å². The fourth-order valence-corrected chi connectivity index (χ4v) is 2.73. The Kier molecular flexibility index (Phi) is 4.52. The molecule has 1 heterocycles. The van der Waals surface area contributed by atoms with Crippen molar-refractivity contribution in [1.82, 2.24) is 10.2 Å². The Balaban J connectivity index is 1.67. The van der Waals surface area contributed by atoms with E-state index in [1.54, 1.807) is 0 Å². The first kappa shape index (κ1) is 16.1. The van der Waals surface area contributed by atoms with Gasteiger partial charge in [-0.15, -0.1) is 10.2 Å². The van der Waals surface area contributed by atoms with Crippen LogP contribution < -0.4 is 0 Å². The third-order valence-electron chi connectivity index (χ3n) is 3.30. The van der Waals surface area contributed by atoms with Crippen molar-refractivity contribution in [3.05, 3.63) is 53.6 Å². The number of rotatable bonds is 5. The summed E-state index contributed by atoms with van der Waals surface area (Å²) in [4.78, 5) is 12.1. The molecule has 0 aliphatic heterocycles. The third kappa shape index (κ3) is 3.57. The summed E-state index contributed by atoms with van der Waals surface area (Å²) in [6.45, 7) is 1.97. The normalized spacial score (nSPS) is 10.7. The van der Waals surface area contributed by atoms with Gasteiger partial charge in [0.15, 0.2) is 17.3 Å². The van der Waals surface area contributed by atoms with Gasteiger partial charge >= 0.3 is 0 Å². The zero-order chi connectivity index (χ0) is 17.1. The molecule has 0 fully saturated rings. The Labute approximate surface area is 142 Å². The average Bonchev–Trinajstić information content (AvgIpc) is 3.04. The van der Waals surface area contributed by atoms with Crippen molar-refractivity contribution in [3.63, 3.8) is 0 Å². The summed E-state index contributed by atoms with van der Waals surface area (Å²) in [7, 11) is 0. The van der Waals surface area contributed by atoms with E-state index in [1.165, 1.54) is 18.2 Å². The Bertz CT molecular complexity index is 892. The minimum absolute atomic E-state index is 0.0830. The van der Waals surface area contributed by atoms with E-state index < -0.39 is 0 Å². The van der Waals surface area contributed by atoms with Crippen molar-refractivity contribution in [2.24, 2.45) is 0 Å². The fourth-order valence-electron chi connectivity index (χ4n) is 2.07. The molecule has 24 heavy (non-hydrogen) atoms. The van der Waals surface area contributed by atoms with Crippen LogP contribution >= 0.6 is 11.8 Å². The summed E-state index contributed by atoms with van der Waals surface area (Å²) >= 11 is 1.12. The number of benzene rings is 2. The number of nitrogens with zero attached hydrogens (tertiary/aromatic N) is 2. The van der Waals surface area contributed by atoms with Crippen LogP contribution in [0.4, 0.5) is 0 Å². The third-order valence-corrected chi connectivity index (χ3v) is 4.11. The number of aromatic hydroxyl groups is 2. The highest BCUT2D eigenvalue weighted by molar-refractivity contribution is 7.99. The first-order valence-electron chi connectivity index (χ1n) is 7.11. The molecular formula is C17H14N2O4S. The molecule has 0 radical (unpaired) electrons. The monoisotopic (exact) mass is 342 g/mol. The summed E-state index contributed by atoms with van der Waals surface area (Å²) < 4.78 is 5.55. The molecule has 0 saturated heterocycles. The van der Waals surface area contributed by atoms with E-state index in [2.05, 4.69) is 10.2 Å². The summed E-state index contributed by atoms with van der Waals surface area (Å²) in [6, 6.07) is 11.6. The molecule has 0 aliphatic carbocycles. The molecule has 122 valence electrons. The maximum absolute atomic E-state index is 12.1. The number of hydrogen-bond acceptors (Lipinski definition) is 7. The van der Waals surface area contributed by atoms with Gasteiger partial charge in [0, 0.05) is 11.1 Å². The van der Waals surface area contributed by atoms with Crippen molar-refractivity contribution in [1.29, 1.82) is 0 Å². The summed E-state index contributed by atoms with van der Waals surface area (Å²) in [5.41, 5.74) is 2.21. The molecule has 3 rings (SSSR count). The number of carbonyl (C=O) groups excluding carboxylic acids is 1. The second-order valence-corrected chi connectivity index (χ2v) is 6.08. The average molecular weight is 342 g/mol. The summed E-state index contributed by atoms with van der Waals surface area (Å²) in [5.74, 6) is -0.328. The number of aryl methyl sites for hydroxylation is 1. The van der Waals surface area contributed by atoms with Crippen molar-refractivity contribution in [2.45, 2.75) is 12.1 Å². The zero-order valence-electron chi connectivity index (χ0n) is 12.8. The predicted octanol–water partition coefficient (Wildman–Crippen LogP) is 3.43. The van der Waals surface area contributed by atoms with Crippen LogP contribution in [0.5, 0.6) is 11.5 Å². The summed E-state index contributed by atoms with van der Waals surface area (Å²) in [6.07, 6.45) is 0. The molecule has 1 aromatic heterocycles. The van der Waals surface area contributed by atoms with E-state index in [4.69, 9.17) is 4.42 Å². The SMILES string of the molecule is Cc1cccc(-c2nnc(SCC(=O)c3ccc(O)c(O)c3)o2)c1. The number of phenols is 2. The maximum Gasteiger partial charge on any atom is 0.277 e. The zero-order valence-corrected chi connectivity index (χ0v) is 13.6. The lowest BCUT2D eigenvalue weighted by Gasteiger charge is -2.01. The van der Waals surface area contributed by atoms with Gasteiger partial charge in [-0.2, -0.15) is 0 Å². The Morgan fingerprint density at radius 2 is 1.96 bits per heavy atom. The molecule has 0 saturated carbocycles. The van der Waals surface area contributed by atoms with Gasteiger partial charge in [-0.25, -0.2) is 0 Å². The molecule has 0 spiro atoms. The molecular weight excluding hydrogens is 328 g/mol. The van der Waals surface area contributed by atoms with Crippen LogP contribution in [0.25, 0.3) is 11.5 Å². The van der Waals surface area contributed by atoms with Gasteiger partial charge in [-0.3, -0.25) is 4.79 Å². The minimum atomic E-state index is -0.328. The first-order chi connectivity index (χ1) is 11.5. The molecule has 0 unspecified atom stereocenters. The van der Waals surface area contributed by atoms with E-state index in [9.17, 15) is 15.0 Å². The number of phenolic OH excluding ortho intramolecular Hbond substituents is 2. The highest BCUT2D eigenvalue weighted by Crippen LogP contribution is 2.27. The number of ketones is 1. The molecule has 2 aromatic carbocycles. The van der Waals surface area contributed by atoms with Crippen LogP contribution in [0.2, 0.25) is 0 Å². The highest BCUT2D eigenvalue weighted by atomic mass is 32.2. The maximum atomic E-state index is 12.1. The lowest BCUT2D eigenvalue weighted by Crippen LogP contribution is -2.01. The molecule has 7 heteroatoms. The van der Waals surface area contributed by atoms with Crippen LogP contribution in [0, 0.1) is 6.92 Å². The quantitative estimate of drug-likeness (QED) is 0.416. The molecule has 6 nitrogen and oxygen atoms in total. The number of aromatic nitrogens is 2. The second kappa shape index (κ2) is 6.76. The van der Waals surface area contributed by atoms with Gasteiger partial charge in [-0.05, 0) is 37.3 Å². The Hall–Kier alpha value is -2.80. The van der Waals surface area contributed by atoms with E-state index in [-0.39, 0.29) is 23.0 Å². The van der Waals surface area contributed by atoms with Gasteiger partial charge in [0.05, 0.1) is 5.75 Å². The van der Waals surface area contributed by atoms with Gasteiger partial charge in [-0.1, -0.05) is 29.5 Å². The van der Waals surface area contributed by atoms with E-state index >= 15 is 0 Å². The van der Waals surface area contributed by atoms with E-state index in [0.29, 0.717) is 16.7 Å². The Morgan fingerprint density at radius 1 is 1.12 bits per heavy atom. The van der Waals surface area contributed by atoms with Crippen molar-refractivity contribution >= 4 is 17.5 Å². The van der Waals surface area contributed by atoms with Crippen LogP contribution in [-0.4, -0.2) is 31.9 Å². The van der Waals surface area contributed by atoms with Crippen molar-refractivity contribution < 1.29 is 19.4 Å². The first-order valence-corrected chi connectivity index (χ1v) is 8.10. The molecule has 0 aliphatic rings. The second-order valence-electron chi connectivity index (χ2n) is 5.16. The van der Waals surface area contributed by atoms with Gasteiger partial charge < -0.3 is 14.6 Å². The van der Waals surface area contributed by atoms with Crippen LogP contribution in [0.1, 0.15) is 15.9 Å². The van der Waals surface area contributed by atoms with Gasteiger partial charge in [0.2, 0.25) is 5.89 Å². The molecule has 2 N–H and O–H groups in total. The highest BCUT2D eigenvalue weighted by Gasteiger charge is 2.13. The van der Waals surface area contributed by atoms with Crippen LogP contribution in [-0.2, 0) is 0 Å². The summed E-state index contributed by atoms with van der Waals surface area (Å²) in [5, 5.41) is 26.9. The Morgan fingerprint density at radius 3 is 2.71 bits per heavy atom. The largest absolute Gasteiger partial charge is 0.504 e. The molecule has 0 bridgehead atoms. The standard InChI is InChI=1S/C17H14N2O4S/c1-10-3-2-4-12(7-10)16-18-19-17(23-16)24-9-15(22)11-5-6-13(20)14(21)8-11/h2-8,20-21H,9H2,1H3.